The zero-order valence-corrected chi connectivity index (χ0v) is 14.9. The van der Waals surface area contributed by atoms with Gasteiger partial charge in [-0.25, -0.2) is 9.48 Å². The first-order valence-electron chi connectivity index (χ1n) is 9.23. The van der Waals surface area contributed by atoms with E-state index in [1.54, 1.807) is 0 Å². The van der Waals surface area contributed by atoms with Gasteiger partial charge in [0.1, 0.15) is 5.82 Å². The second-order valence-electron chi connectivity index (χ2n) is 6.72. The fourth-order valence-electron chi connectivity index (χ4n) is 3.36. The smallest absolute Gasteiger partial charge is 0.320 e. The van der Waals surface area contributed by atoms with Crippen LogP contribution < -0.4 is 10.6 Å². The number of nitrogens with zero attached hydrogens (tertiary/aromatic N) is 3. The van der Waals surface area contributed by atoms with Crippen LogP contribution in [0, 0.1) is 6.92 Å². The normalized spacial score (nSPS) is 14.6. The lowest BCUT2D eigenvalue weighted by atomic mass is 10.2. The van der Waals surface area contributed by atoms with Crippen molar-refractivity contribution in [2.24, 2.45) is 0 Å². The van der Waals surface area contributed by atoms with E-state index in [1.807, 2.05) is 42.2 Å². The van der Waals surface area contributed by atoms with Crippen molar-refractivity contribution in [3.05, 3.63) is 41.9 Å². The van der Waals surface area contributed by atoms with Gasteiger partial charge in [0.15, 0.2) is 0 Å². The summed E-state index contributed by atoms with van der Waals surface area (Å²) in [7, 11) is 0. The first kappa shape index (κ1) is 17.5. The second kappa shape index (κ2) is 8.65. The first-order chi connectivity index (χ1) is 12.2. The van der Waals surface area contributed by atoms with Crippen LogP contribution in [0.5, 0.6) is 0 Å². The standard InChI is InChI=1S/C19H27N5O/c1-15-14-22-24(17-10-2-3-11-17)18(15)23-19(25)21-13-7-5-9-16-8-4-6-12-20-16/h4,6,8,12,14,17H,2-3,5,7,9-11,13H2,1H3,(H2,21,23,25). The number of carbonyl (C=O) groups excluding carboxylic acids is 1. The molecule has 0 radical (unpaired) electrons. The van der Waals surface area contributed by atoms with Crippen molar-refractivity contribution in [3.63, 3.8) is 0 Å². The third kappa shape index (κ3) is 4.81. The van der Waals surface area contributed by atoms with Crippen LogP contribution in [0.1, 0.15) is 55.8 Å². The fraction of sp³-hybridized carbons (Fsp3) is 0.526. The van der Waals surface area contributed by atoms with Crippen LogP contribution in [0.2, 0.25) is 0 Å². The molecule has 0 spiro atoms. The van der Waals surface area contributed by atoms with Crippen LogP contribution >= 0.6 is 0 Å². The molecule has 6 heteroatoms. The summed E-state index contributed by atoms with van der Waals surface area (Å²) in [6.07, 6.45) is 11.3. The summed E-state index contributed by atoms with van der Waals surface area (Å²) in [5.74, 6) is 0.831. The molecule has 0 aliphatic heterocycles. The van der Waals surface area contributed by atoms with Crippen LogP contribution in [0.25, 0.3) is 0 Å². The third-order valence-electron chi connectivity index (χ3n) is 4.75. The Bertz CT molecular complexity index is 676. The Morgan fingerprint density at radius 3 is 2.88 bits per heavy atom. The Hall–Kier alpha value is -2.37. The van der Waals surface area contributed by atoms with Gasteiger partial charge in [-0.3, -0.25) is 10.3 Å². The average Bonchev–Trinajstić information content (AvgIpc) is 3.26. The highest BCUT2D eigenvalue weighted by Crippen LogP contribution is 2.32. The summed E-state index contributed by atoms with van der Waals surface area (Å²) in [5.41, 5.74) is 2.11. The van der Waals surface area contributed by atoms with E-state index in [-0.39, 0.29) is 6.03 Å². The number of hydrogen-bond acceptors (Lipinski definition) is 3. The number of aromatic nitrogens is 3. The zero-order chi connectivity index (χ0) is 17.5. The predicted molar refractivity (Wildman–Crippen MR) is 98.7 cm³/mol. The summed E-state index contributed by atoms with van der Waals surface area (Å²) in [6, 6.07) is 6.23. The lowest BCUT2D eigenvalue weighted by Crippen LogP contribution is -2.31. The SMILES string of the molecule is Cc1cnn(C2CCCC2)c1NC(=O)NCCCCc1ccccn1. The van der Waals surface area contributed by atoms with Crippen LogP contribution in [-0.2, 0) is 6.42 Å². The van der Waals surface area contributed by atoms with Crippen molar-refractivity contribution in [1.29, 1.82) is 0 Å². The van der Waals surface area contributed by atoms with Crippen molar-refractivity contribution >= 4 is 11.8 Å². The van der Waals surface area contributed by atoms with Crippen LogP contribution in [-0.4, -0.2) is 27.3 Å². The van der Waals surface area contributed by atoms with Crippen molar-refractivity contribution < 1.29 is 4.79 Å². The first-order valence-corrected chi connectivity index (χ1v) is 9.23. The predicted octanol–water partition coefficient (Wildman–Crippen LogP) is 3.85. The molecule has 0 aromatic carbocycles. The molecule has 0 atom stereocenters. The quantitative estimate of drug-likeness (QED) is 0.752. The van der Waals surface area contributed by atoms with Gasteiger partial charge in [0, 0.05) is 24.0 Å². The van der Waals surface area contributed by atoms with E-state index in [0.29, 0.717) is 12.6 Å². The second-order valence-corrected chi connectivity index (χ2v) is 6.72. The van der Waals surface area contributed by atoms with Crippen molar-refractivity contribution in [1.82, 2.24) is 20.1 Å². The van der Waals surface area contributed by atoms with Crippen molar-refractivity contribution in [3.8, 4) is 0 Å². The molecule has 2 aromatic heterocycles. The Labute approximate surface area is 149 Å². The van der Waals surface area contributed by atoms with Crippen molar-refractivity contribution in [2.45, 2.75) is 57.9 Å². The van der Waals surface area contributed by atoms with E-state index in [0.717, 1.165) is 49.2 Å². The lowest BCUT2D eigenvalue weighted by Gasteiger charge is -2.16. The number of hydrogen-bond donors (Lipinski definition) is 2. The summed E-state index contributed by atoms with van der Waals surface area (Å²) in [6.45, 7) is 2.65. The molecule has 2 amide bonds. The molecule has 134 valence electrons. The van der Waals surface area contributed by atoms with Crippen LogP contribution in [0.4, 0.5) is 10.6 Å². The van der Waals surface area contributed by atoms with E-state index < -0.39 is 0 Å². The van der Waals surface area contributed by atoms with Gasteiger partial charge in [-0.05, 0) is 51.2 Å². The van der Waals surface area contributed by atoms with E-state index in [2.05, 4.69) is 20.7 Å². The van der Waals surface area contributed by atoms with Gasteiger partial charge in [-0.15, -0.1) is 0 Å². The van der Waals surface area contributed by atoms with Crippen molar-refractivity contribution in [2.75, 3.05) is 11.9 Å². The molecule has 1 aliphatic rings. The summed E-state index contributed by atoms with van der Waals surface area (Å²) >= 11 is 0. The maximum Gasteiger partial charge on any atom is 0.320 e. The number of aryl methyl sites for hydroxylation is 2. The molecule has 2 heterocycles. The van der Waals surface area contributed by atoms with E-state index in [9.17, 15) is 4.79 Å². The highest BCUT2D eigenvalue weighted by Gasteiger charge is 2.22. The minimum Gasteiger partial charge on any atom is -0.338 e. The molecule has 0 saturated heterocycles. The molecule has 1 aliphatic carbocycles. The molecule has 0 bridgehead atoms. The zero-order valence-electron chi connectivity index (χ0n) is 14.9. The molecule has 0 unspecified atom stereocenters. The van der Waals surface area contributed by atoms with Crippen LogP contribution in [0.15, 0.2) is 30.6 Å². The molecule has 25 heavy (non-hydrogen) atoms. The Morgan fingerprint density at radius 2 is 2.12 bits per heavy atom. The van der Waals surface area contributed by atoms with Gasteiger partial charge < -0.3 is 5.32 Å². The van der Waals surface area contributed by atoms with Crippen LogP contribution in [0.3, 0.4) is 0 Å². The van der Waals surface area contributed by atoms with Gasteiger partial charge in [0.25, 0.3) is 0 Å². The Kier molecular flexibility index (Phi) is 6.04. The Morgan fingerprint density at radius 1 is 1.28 bits per heavy atom. The summed E-state index contributed by atoms with van der Waals surface area (Å²) in [5, 5.41) is 10.4. The summed E-state index contributed by atoms with van der Waals surface area (Å²) < 4.78 is 1.99. The van der Waals surface area contributed by atoms with Gasteiger partial charge in [-0.2, -0.15) is 5.10 Å². The number of amides is 2. The molecule has 2 aromatic rings. The average molecular weight is 341 g/mol. The number of carbonyl (C=O) groups is 1. The maximum atomic E-state index is 12.2. The fourth-order valence-corrected chi connectivity index (χ4v) is 3.36. The highest BCUT2D eigenvalue weighted by atomic mass is 16.2. The minimum atomic E-state index is -0.152. The highest BCUT2D eigenvalue weighted by molar-refractivity contribution is 5.89. The maximum absolute atomic E-state index is 12.2. The third-order valence-corrected chi connectivity index (χ3v) is 4.75. The molecule has 3 rings (SSSR count). The Balaban J connectivity index is 1.41. The van der Waals surface area contributed by atoms with E-state index in [1.165, 1.54) is 12.8 Å². The van der Waals surface area contributed by atoms with E-state index in [4.69, 9.17) is 0 Å². The molecular formula is C19H27N5O. The molecule has 1 saturated carbocycles. The monoisotopic (exact) mass is 341 g/mol. The minimum absolute atomic E-state index is 0.152. The number of pyridine rings is 1. The van der Waals surface area contributed by atoms with E-state index >= 15 is 0 Å². The number of nitrogens with one attached hydrogen (secondary N) is 2. The van der Waals surface area contributed by atoms with Gasteiger partial charge >= 0.3 is 6.03 Å². The van der Waals surface area contributed by atoms with Gasteiger partial charge in [0.05, 0.1) is 12.2 Å². The molecule has 6 nitrogen and oxygen atoms in total. The van der Waals surface area contributed by atoms with Gasteiger partial charge in [0.2, 0.25) is 0 Å². The lowest BCUT2D eigenvalue weighted by molar-refractivity contribution is 0.251. The summed E-state index contributed by atoms with van der Waals surface area (Å²) in [4.78, 5) is 16.5. The molecular weight excluding hydrogens is 314 g/mol. The number of urea groups is 1. The topological polar surface area (TPSA) is 71.8 Å². The molecule has 1 fully saturated rings. The number of anilines is 1. The number of rotatable bonds is 7. The molecule has 2 N–H and O–H groups in total. The number of unbranched alkanes of at least 4 members (excludes halogenated alkanes) is 1. The largest absolute Gasteiger partial charge is 0.338 e. The van der Waals surface area contributed by atoms with Gasteiger partial charge in [-0.1, -0.05) is 18.9 Å².